The largest absolute Gasteiger partial charge is 0.480 e. The number of hydrogen-bond acceptors (Lipinski definition) is 3. The molecule has 20 heavy (non-hydrogen) atoms. The number of rotatable bonds is 4. The standard InChI is InChI=1S/C15H27NO4/c1-11(12-8-6-5-7-9-12)16(10-13(17)18)14(19)20-15(2,3)4/h11-12H,5-10H2,1-4H3,(H,17,18). The fourth-order valence-corrected chi connectivity index (χ4v) is 2.71. The molecule has 0 bridgehead atoms. The zero-order valence-electron chi connectivity index (χ0n) is 13.0. The normalized spacial score (nSPS) is 18.4. The summed E-state index contributed by atoms with van der Waals surface area (Å²) < 4.78 is 5.34. The molecule has 1 fully saturated rings. The van der Waals surface area contributed by atoms with Crippen LogP contribution in [0.1, 0.15) is 59.8 Å². The lowest BCUT2D eigenvalue weighted by Crippen LogP contribution is -2.48. The van der Waals surface area contributed by atoms with Crippen molar-refractivity contribution < 1.29 is 19.4 Å². The summed E-state index contributed by atoms with van der Waals surface area (Å²) in [6.45, 7) is 6.99. The van der Waals surface area contributed by atoms with E-state index in [1.807, 2.05) is 6.92 Å². The second-order valence-electron chi connectivity index (χ2n) is 6.64. The highest BCUT2D eigenvalue weighted by molar-refractivity contribution is 5.77. The van der Waals surface area contributed by atoms with Crippen LogP contribution in [0.3, 0.4) is 0 Å². The number of carbonyl (C=O) groups is 2. The van der Waals surface area contributed by atoms with E-state index in [1.165, 1.54) is 11.3 Å². The first-order valence-electron chi connectivity index (χ1n) is 7.42. The van der Waals surface area contributed by atoms with Crippen molar-refractivity contribution in [2.24, 2.45) is 5.92 Å². The monoisotopic (exact) mass is 285 g/mol. The maximum Gasteiger partial charge on any atom is 0.411 e. The van der Waals surface area contributed by atoms with E-state index < -0.39 is 17.7 Å². The van der Waals surface area contributed by atoms with Crippen molar-refractivity contribution in [3.8, 4) is 0 Å². The predicted octanol–water partition coefficient (Wildman–Crippen LogP) is 3.28. The topological polar surface area (TPSA) is 66.8 Å². The fourth-order valence-electron chi connectivity index (χ4n) is 2.71. The van der Waals surface area contributed by atoms with Crippen molar-refractivity contribution in [1.82, 2.24) is 4.90 Å². The molecule has 116 valence electrons. The van der Waals surface area contributed by atoms with Crippen LogP contribution in [0.4, 0.5) is 4.79 Å². The maximum absolute atomic E-state index is 12.2. The fraction of sp³-hybridized carbons (Fsp3) is 0.867. The van der Waals surface area contributed by atoms with Gasteiger partial charge in [0.15, 0.2) is 0 Å². The molecule has 0 spiro atoms. The number of ether oxygens (including phenoxy) is 1. The molecule has 0 heterocycles. The summed E-state index contributed by atoms with van der Waals surface area (Å²) in [5, 5.41) is 9.03. The minimum absolute atomic E-state index is 0.0961. The summed E-state index contributed by atoms with van der Waals surface area (Å²) >= 11 is 0. The average molecular weight is 285 g/mol. The Kier molecular flexibility index (Phi) is 5.84. The van der Waals surface area contributed by atoms with Gasteiger partial charge >= 0.3 is 12.1 Å². The Balaban J connectivity index is 2.76. The molecule has 1 aliphatic carbocycles. The lowest BCUT2D eigenvalue weighted by atomic mass is 9.84. The van der Waals surface area contributed by atoms with E-state index in [2.05, 4.69) is 0 Å². The molecule has 5 nitrogen and oxygen atoms in total. The van der Waals surface area contributed by atoms with Crippen LogP contribution in [0.25, 0.3) is 0 Å². The zero-order valence-corrected chi connectivity index (χ0v) is 13.0. The van der Waals surface area contributed by atoms with Crippen molar-refractivity contribution in [2.45, 2.75) is 71.4 Å². The van der Waals surface area contributed by atoms with Crippen molar-refractivity contribution in [3.63, 3.8) is 0 Å². The predicted molar refractivity (Wildman–Crippen MR) is 76.6 cm³/mol. The van der Waals surface area contributed by atoms with E-state index in [4.69, 9.17) is 9.84 Å². The Morgan fingerprint density at radius 1 is 1.25 bits per heavy atom. The Hall–Kier alpha value is -1.26. The van der Waals surface area contributed by atoms with Crippen LogP contribution in [-0.4, -0.2) is 40.3 Å². The van der Waals surface area contributed by atoms with E-state index in [-0.39, 0.29) is 12.6 Å². The number of amides is 1. The van der Waals surface area contributed by atoms with E-state index in [9.17, 15) is 9.59 Å². The number of carboxylic acids is 1. The lowest BCUT2D eigenvalue weighted by molar-refractivity contribution is -0.139. The molecule has 0 aromatic carbocycles. The molecular formula is C15H27NO4. The summed E-state index contributed by atoms with van der Waals surface area (Å²) in [5.41, 5.74) is -0.611. The third-order valence-corrected chi connectivity index (χ3v) is 3.76. The number of aliphatic carboxylic acids is 1. The molecule has 1 aliphatic rings. The van der Waals surface area contributed by atoms with Gasteiger partial charge in [0, 0.05) is 6.04 Å². The van der Waals surface area contributed by atoms with Gasteiger partial charge in [-0.15, -0.1) is 0 Å². The quantitative estimate of drug-likeness (QED) is 0.860. The van der Waals surface area contributed by atoms with Gasteiger partial charge in [0.05, 0.1) is 0 Å². The number of carbonyl (C=O) groups excluding carboxylic acids is 1. The Morgan fingerprint density at radius 2 is 1.80 bits per heavy atom. The van der Waals surface area contributed by atoms with Gasteiger partial charge in [-0.2, -0.15) is 0 Å². The Labute approximate surface area is 121 Å². The number of carboxylic acid groups (broad SMARTS) is 1. The van der Waals surface area contributed by atoms with Gasteiger partial charge in [0.1, 0.15) is 12.1 Å². The first-order chi connectivity index (χ1) is 9.20. The van der Waals surface area contributed by atoms with Crippen LogP contribution < -0.4 is 0 Å². The van der Waals surface area contributed by atoms with Gasteiger partial charge in [0.2, 0.25) is 0 Å². The number of nitrogens with zero attached hydrogens (tertiary/aromatic N) is 1. The second kappa shape index (κ2) is 6.95. The Morgan fingerprint density at radius 3 is 2.25 bits per heavy atom. The van der Waals surface area contributed by atoms with Gasteiger partial charge in [-0.25, -0.2) is 4.79 Å². The van der Waals surface area contributed by atoms with Crippen LogP contribution in [0, 0.1) is 5.92 Å². The molecule has 5 heteroatoms. The van der Waals surface area contributed by atoms with Crippen LogP contribution in [0.5, 0.6) is 0 Å². The Bertz CT molecular complexity index is 342. The van der Waals surface area contributed by atoms with Gasteiger partial charge < -0.3 is 9.84 Å². The van der Waals surface area contributed by atoms with Crippen LogP contribution in [0.2, 0.25) is 0 Å². The third kappa shape index (κ3) is 5.39. The zero-order chi connectivity index (χ0) is 15.3. The number of hydrogen-bond donors (Lipinski definition) is 1. The lowest BCUT2D eigenvalue weighted by Gasteiger charge is -2.36. The van der Waals surface area contributed by atoms with Gasteiger partial charge in [-0.3, -0.25) is 9.69 Å². The molecule has 0 saturated heterocycles. The van der Waals surface area contributed by atoms with Crippen molar-refractivity contribution >= 4 is 12.1 Å². The molecule has 1 N–H and O–H groups in total. The van der Waals surface area contributed by atoms with E-state index >= 15 is 0 Å². The van der Waals surface area contributed by atoms with Crippen molar-refractivity contribution in [2.75, 3.05) is 6.54 Å². The molecule has 1 atom stereocenters. The highest BCUT2D eigenvalue weighted by Crippen LogP contribution is 2.29. The molecule has 0 radical (unpaired) electrons. The minimum Gasteiger partial charge on any atom is -0.480 e. The average Bonchev–Trinajstić information content (AvgIpc) is 2.34. The van der Waals surface area contributed by atoms with Crippen molar-refractivity contribution in [3.05, 3.63) is 0 Å². The van der Waals surface area contributed by atoms with E-state index in [0.29, 0.717) is 5.92 Å². The third-order valence-electron chi connectivity index (χ3n) is 3.76. The molecule has 1 rings (SSSR count). The molecule has 1 saturated carbocycles. The van der Waals surface area contributed by atoms with Crippen LogP contribution >= 0.6 is 0 Å². The molecule has 0 aromatic heterocycles. The van der Waals surface area contributed by atoms with Crippen LogP contribution in [-0.2, 0) is 9.53 Å². The summed E-state index contributed by atoms with van der Waals surface area (Å²) in [6.07, 6.45) is 5.13. The van der Waals surface area contributed by atoms with Crippen LogP contribution in [0.15, 0.2) is 0 Å². The summed E-state index contributed by atoms with van der Waals surface area (Å²) in [5.74, 6) is -0.630. The second-order valence-corrected chi connectivity index (χ2v) is 6.64. The maximum atomic E-state index is 12.2. The highest BCUT2D eigenvalue weighted by atomic mass is 16.6. The van der Waals surface area contributed by atoms with Crippen molar-refractivity contribution in [1.29, 1.82) is 0 Å². The first-order valence-corrected chi connectivity index (χ1v) is 7.42. The van der Waals surface area contributed by atoms with E-state index in [0.717, 1.165) is 25.7 Å². The highest BCUT2D eigenvalue weighted by Gasteiger charge is 2.32. The van der Waals surface area contributed by atoms with Gasteiger partial charge in [-0.05, 0) is 46.5 Å². The summed E-state index contributed by atoms with van der Waals surface area (Å²) in [6, 6.07) is -0.0961. The molecule has 1 unspecified atom stereocenters. The van der Waals surface area contributed by atoms with Gasteiger partial charge in [-0.1, -0.05) is 19.3 Å². The molecule has 0 aliphatic heterocycles. The van der Waals surface area contributed by atoms with Gasteiger partial charge in [0.25, 0.3) is 0 Å². The minimum atomic E-state index is -1.00. The SMILES string of the molecule is CC(C1CCCCC1)N(CC(=O)O)C(=O)OC(C)(C)C. The first kappa shape index (κ1) is 16.8. The smallest absolute Gasteiger partial charge is 0.411 e. The summed E-state index contributed by atoms with van der Waals surface area (Å²) in [4.78, 5) is 24.6. The molecule has 0 aromatic rings. The van der Waals surface area contributed by atoms with E-state index in [1.54, 1.807) is 20.8 Å². The molecule has 1 amide bonds. The molecular weight excluding hydrogens is 258 g/mol. The summed E-state index contributed by atoms with van der Waals surface area (Å²) in [7, 11) is 0.